The molecule has 3 N–H and O–H groups in total. The van der Waals surface area contributed by atoms with Crippen molar-refractivity contribution in [3.63, 3.8) is 0 Å². The molecule has 2 atom stereocenters. The van der Waals surface area contributed by atoms with Crippen LogP contribution in [-0.4, -0.2) is 39.9 Å². The summed E-state index contributed by atoms with van der Waals surface area (Å²) >= 11 is 0. The molecule has 0 aromatic heterocycles. The summed E-state index contributed by atoms with van der Waals surface area (Å²) in [6.45, 7) is 5.01. The SMILES string of the molecule is CC(C)(C)OC(=O)N[C@H](C(=O)O)C(CC(=O)O)CC1c2ccccc2-c2ccccc21. The van der Waals surface area contributed by atoms with E-state index < -0.39 is 42.0 Å². The monoisotopic (exact) mass is 425 g/mol. The Balaban J connectivity index is 1.93. The number of carboxylic acid groups (broad SMARTS) is 2. The van der Waals surface area contributed by atoms with E-state index in [0.29, 0.717) is 0 Å². The highest BCUT2D eigenvalue weighted by Crippen LogP contribution is 2.47. The largest absolute Gasteiger partial charge is 0.481 e. The van der Waals surface area contributed by atoms with E-state index in [1.54, 1.807) is 20.8 Å². The maximum absolute atomic E-state index is 12.3. The third-order valence-electron chi connectivity index (χ3n) is 5.35. The van der Waals surface area contributed by atoms with Crippen molar-refractivity contribution in [2.24, 2.45) is 5.92 Å². The van der Waals surface area contributed by atoms with Crippen LogP contribution >= 0.6 is 0 Å². The molecule has 0 spiro atoms. The lowest BCUT2D eigenvalue weighted by atomic mass is 9.82. The number of fused-ring (bicyclic) bond motifs is 3. The molecule has 31 heavy (non-hydrogen) atoms. The molecule has 0 aliphatic heterocycles. The van der Waals surface area contributed by atoms with Crippen molar-refractivity contribution in [3.05, 3.63) is 59.7 Å². The zero-order valence-corrected chi connectivity index (χ0v) is 17.8. The molecule has 1 unspecified atom stereocenters. The summed E-state index contributed by atoms with van der Waals surface area (Å²) in [6, 6.07) is 14.3. The Morgan fingerprint density at radius 2 is 1.48 bits per heavy atom. The Morgan fingerprint density at radius 1 is 0.968 bits per heavy atom. The maximum Gasteiger partial charge on any atom is 0.408 e. The van der Waals surface area contributed by atoms with Crippen LogP contribution in [0.1, 0.15) is 50.7 Å². The summed E-state index contributed by atoms with van der Waals surface area (Å²) in [5.41, 5.74) is 3.37. The molecule has 7 nitrogen and oxygen atoms in total. The van der Waals surface area contributed by atoms with Gasteiger partial charge in [0.1, 0.15) is 11.6 Å². The highest BCUT2D eigenvalue weighted by molar-refractivity contribution is 5.82. The third-order valence-corrected chi connectivity index (χ3v) is 5.35. The van der Waals surface area contributed by atoms with Gasteiger partial charge in [0, 0.05) is 11.8 Å². The highest BCUT2D eigenvalue weighted by Gasteiger charge is 2.37. The minimum absolute atomic E-state index is 0.168. The normalized spacial score (nSPS) is 14.8. The van der Waals surface area contributed by atoms with Gasteiger partial charge in [-0.05, 0) is 49.4 Å². The summed E-state index contributed by atoms with van der Waals surface area (Å²) in [5, 5.41) is 21.6. The summed E-state index contributed by atoms with van der Waals surface area (Å²) in [6.07, 6.45) is -1.02. The Labute approximate surface area is 181 Å². The van der Waals surface area contributed by atoms with Crippen LogP contribution < -0.4 is 5.32 Å². The van der Waals surface area contributed by atoms with E-state index in [1.165, 1.54) is 0 Å². The van der Waals surface area contributed by atoms with E-state index >= 15 is 0 Å². The van der Waals surface area contributed by atoms with Gasteiger partial charge in [-0.3, -0.25) is 4.79 Å². The number of alkyl carbamates (subject to hydrolysis) is 1. The van der Waals surface area contributed by atoms with Crippen LogP contribution in [0.3, 0.4) is 0 Å². The number of ether oxygens (including phenoxy) is 1. The predicted molar refractivity (Wildman–Crippen MR) is 115 cm³/mol. The van der Waals surface area contributed by atoms with Crippen LogP contribution in [0.25, 0.3) is 11.1 Å². The van der Waals surface area contributed by atoms with Crippen LogP contribution in [0.2, 0.25) is 0 Å². The van der Waals surface area contributed by atoms with E-state index in [9.17, 15) is 24.6 Å². The van der Waals surface area contributed by atoms with Crippen LogP contribution in [0, 0.1) is 5.92 Å². The average molecular weight is 425 g/mol. The van der Waals surface area contributed by atoms with Gasteiger partial charge in [-0.25, -0.2) is 9.59 Å². The Bertz CT molecular complexity index is 948. The first-order chi connectivity index (χ1) is 14.6. The van der Waals surface area contributed by atoms with E-state index in [0.717, 1.165) is 22.3 Å². The molecule has 7 heteroatoms. The summed E-state index contributed by atoms with van der Waals surface area (Å²) in [4.78, 5) is 35.9. The zero-order valence-electron chi connectivity index (χ0n) is 17.8. The van der Waals surface area contributed by atoms with E-state index in [-0.39, 0.29) is 12.3 Å². The van der Waals surface area contributed by atoms with Crippen molar-refractivity contribution in [1.29, 1.82) is 0 Å². The number of carbonyl (C=O) groups is 3. The fraction of sp³-hybridized carbons (Fsp3) is 0.375. The van der Waals surface area contributed by atoms with Crippen molar-refractivity contribution in [2.75, 3.05) is 0 Å². The molecule has 0 bridgehead atoms. The lowest BCUT2D eigenvalue weighted by molar-refractivity contribution is -0.143. The molecule has 0 fully saturated rings. The second kappa shape index (κ2) is 8.79. The first-order valence-corrected chi connectivity index (χ1v) is 10.2. The van der Waals surface area contributed by atoms with E-state index in [1.807, 2.05) is 48.5 Å². The second-order valence-electron chi connectivity index (χ2n) is 8.78. The van der Waals surface area contributed by atoms with Crippen molar-refractivity contribution in [2.45, 2.75) is 51.2 Å². The fourth-order valence-electron chi connectivity index (χ4n) is 4.19. The molecule has 3 rings (SSSR count). The van der Waals surface area contributed by atoms with Crippen LogP contribution in [0.4, 0.5) is 4.79 Å². The number of benzene rings is 2. The van der Waals surface area contributed by atoms with Crippen molar-refractivity contribution >= 4 is 18.0 Å². The van der Waals surface area contributed by atoms with Crippen molar-refractivity contribution in [1.82, 2.24) is 5.32 Å². The highest BCUT2D eigenvalue weighted by atomic mass is 16.6. The number of carbonyl (C=O) groups excluding carboxylic acids is 1. The third kappa shape index (κ3) is 5.23. The smallest absolute Gasteiger partial charge is 0.408 e. The molecule has 2 aromatic rings. The molecule has 0 saturated heterocycles. The van der Waals surface area contributed by atoms with Crippen molar-refractivity contribution in [3.8, 4) is 11.1 Å². The van der Waals surface area contributed by atoms with Gasteiger partial charge < -0.3 is 20.3 Å². The minimum Gasteiger partial charge on any atom is -0.481 e. The lowest BCUT2D eigenvalue weighted by Gasteiger charge is -2.28. The lowest BCUT2D eigenvalue weighted by Crippen LogP contribution is -2.48. The number of carboxylic acids is 2. The van der Waals surface area contributed by atoms with Gasteiger partial charge in [0.15, 0.2) is 0 Å². The molecular formula is C24H27NO6. The molecule has 1 aliphatic rings. The number of rotatable bonds is 7. The van der Waals surface area contributed by atoms with Gasteiger partial charge in [0.25, 0.3) is 0 Å². The average Bonchev–Trinajstić information content (AvgIpc) is 2.98. The van der Waals surface area contributed by atoms with Gasteiger partial charge in [0.05, 0.1) is 6.42 Å². The number of hydrogen-bond donors (Lipinski definition) is 3. The quantitative estimate of drug-likeness (QED) is 0.611. The van der Waals surface area contributed by atoms with E-state index in [2.05, 4.69) is 5.32 Å². The number of amides is 1. The van der Waals surface area contributed by atoms with Gasteiger partial charge in [-0.2, -0.15) is 0 Å². The Kier molecular flexibility index (Phi) is 6.34. The van der Waals surface area contributed by atoms with Gasteiger partial charge in [-0.1, -0.05) is 48.5 Å². The topological polar surface area (TPSA) is 113 Å². The van der Waals surface area contributed by atoms with Gasteiger partial charge in [-0.15, -0.1) is 0 Å². The maximum atomic E-state index is 12.3. The van der Waals surface area contributed by atoms with Gasteiger partial charge >= 0.3 is 18.0 Å². The molecule has 2 aromatic carbocycles. The summed E-state index contributed by atoms with van der Waals surface area (Å²) < 4.78 is 5.20. The van der Waals surface area contributed by atoms with Crippen LogP contribution in [0.5, 0.6) is 0 Å². The van der Waals surface area contributed by atoms with Crippen LogP contribution in [0.15, 0.2) is 48.5 Å². The van der Waals surface area contributed by atoms with Crippen LogP contribution in [-0.2, 0) is 14.3 Å². The summed E-state index contributed by atoms with van der Waals surface area (Å²) in [7, 11) is 0. The Hall–Kier alpha value is -3.35. The second-order valence-corrected chi connectivity index (χ2v) is 8.78. The molecule has 1 amide bonds. The molecule has 1 aliphatic carbocycles. The van der Waals surface area contributed by atoms with E-state index in [4.69, 9.17) is 4.74 Å². The number of hydrogen-bond acceptors (Lipinski definition) is 4. The minimum atomic E-state index is -1.40. The fourth-order valence-corrected chi connectivity index (χ4v) is 4.19. The standard InChI is InChI=1S/C24H27NO6/c1-24(2,3)31-23(30)25-21(22(28)29)14(13-20(26)27)12-19-17-10-6-4-8-15(17)16-9-5-7-11-18(16)19/h4-11,14,19,21H,12-13H2,1-3H3,(H,25,30)(H,26,27)(H,28,29)/t14?,21-/m0/s1. The van der Waals surface area contributed by atoms with Gasteiger partial charge in [0.2, 0.25) is 0 Å². The number of aliphatic carboxylic acids is 2. The molecule has 0 heterocycles. The molecular weight excluding hydrogens is 398 g/mol. The first kappa shape index (κ1) is 22.3. The first-order valence-electron chi connectivity index (χ1n) is 10.2. The van der Waals surface area contributed by atoms with Crippen molar-refractivity contribution < 1.29 is 29.3 Å². The number of nitrogens with one attached hydrogen (secondary N) is 1. The summed E-state index contributed by atoms with van der Waals surface area (Å²) in [5.74, 6) is -3.43. The molecule has 164 valence electrons. The predicted octanol–water partition coefficient (Wildman–Crippen LogP) is 4.26. The molecule has 0 radical (unpaired) electrons. The molecule has 0 saturated carbocycles. The zero-order chi connectivity index (χ0) is 22.8. The Morgan fingerprint density at radius 3 is 1.94 bits per heavy atom.